The molecule has 1 aromatic rings. The van der Waals surface area contributed by atoms with Gasteiger partial charge >= 0.3 is 5.97 Å². The molecule has 0 aromatic heterocycles. The van der Waals surface area contributed by atoms with Crippen LogP contribution in [0.3, 0.4) is 0 Å². The van der Waals surface area contributed by atoms with Crippen molar-refractivity contribution < 1.29 is 23.9 Å². The van der Waals surface area contributed by atoms with Crippen LogP contribution >= 0.6 is 11.8 Å². The molecule has 0 unspecified atom stereocenters. The second kappa shape index (κ2) is 8.14. The Morgan fingerprint density at radius 3 is 2.63 bits per heavy atom. The highest BCUT2D eigenvalue weighted by Crippen LogP contribution is 2.34. The lowest BCUT2D eigenvalue weighted by Gasteiger charge is -2.29. The molecule has 2 aliphatic rings. The minimum Gasteiger partial charge on any atom is -0.467 e. The first-order chi connectivity index (χ1) is 12.9. The quantitative estimate of drug-likeness (QED) is 0.577. The Balaban J connectivity index is 1.81. The maximum absolute atomic E-state index is 12.6. The van der Waals surface area contributed by atoms with Gasteiger partial charge in [0.1, 0.15) is 6.04 Å². The summed E-state index contributed by atoms with van der Waals surface area (Å²) in [6, 6.07) is 5.07. The SMILES string of the molecule is COC(=O)[C@H](C)N1C(=O)S/C(=C/c2ccc(N3CCOCC3)cc2C)C1=O. The van der Waals surface area contributed by atoms with Crippen molar-refractivity contribution in [2.75, 3.05) is 38.3 Å². The van der Waals surface area contributed by atoms with Gasteiger partial charge in [-0.2, -0.15) is 0 Å². The van der Waals surface area contributed by atoms with Crippen molar-refractivity contribution in [1.29, 1.82) is 0 Å². The van der Waals surface area contributed by atoms with E-state index in [0.717, 1.165) is 46.6 Å². The van der Waals surface area contributed by atoms with E-state index < -0.39 is 23.2 Å². The van der Waals surface area contributed by atoms with Gasteiger partial charge in [-0.15, -0.1) is 0 Å². The standard InChI is InChI=1S/C19H22N2O5S/c1-12-10-15(20-6-8-26-9-7-20)5-4-14(12)11-16-17(22)21(19(24)27-16)13(2)18(23)25-3/h4-5,10-11,13H,6-9H2,1-3H3/b16-11+/t13-/m0/s1. The highest BCUT2D eigenvalue weighted by molar-refractivity contribution is 8.18. The molecular weight excluding hydrogens is 368 g/mol. The summed E-state index contributed by atoms with van der Waals surface area (Å²) in [6.45, 7) is 6.58. The molecule has 2 aliphatic heterocycles. The normalized spacial score (nSPS) is 20.3. The minimum absolute atomic E-state index is 0.304. The summed E-state index contributed by atoms with van der Waals surface area (Å²) in [5.74, 6) is -1.09. The van der Waals surface area contributed by atoms with E-state index in [9.17, 15) is 14.4 Å². The fourth-order valence-electron chi connectivity index (χ4n) is 3.07. The molecule has 8 heteroatoms. The molecule has 2 heterocycles. The third-order valence-electron chi connectivity index (χ3n) is 4.67. The minimum atomic E-state index is -0.946. The zero-order valence-corrected chi connectivity index (χ0v) is 16.4. The summed E-state index contributed by atoms with van der Waals surface area (Å²) in [5, 5.41) is -0.466. The molecule has 0 bridgehead atoms. The Kier molecular flexibility index (Phi) is 5.86. The van der Waals surface area contributed by atoms with Crippen LogP contribution in [-0.4, -0.2) is 61.5 Å². The van der Waals surface area contributed by atoms with Gasteiger partial charge in [0, 0.05) is 18.8 Å². The number of anilines is 1. The topological polar surface area (TPSA) is 76.2 Å². The highest BCUT2D eigenvalue weighted by atomic mass is 32.2. The fraction of sp³-hybridized carbons (Fsp3) is 0.421. The predicted octanol–water partition coefficient (Wildman–Crippen LogP) is 2.43. The van der Waals surface area contributed by atoms with Crippen molar-refractivity contribution in [3.8, 4) is 0 Å². The third kappa shape index (κ3) is 4.01. The maximum atomic E-state index is 12.6. The summed E-state index contributed by atoms with van der Waals surface area (Å²) in [6.07, 6.45) is 1.70. The van der Waals surface area contributed by atoms with E-state index >= 15 is 0 Å². The Hall–Kier alpha value is -2.32. The highest BCUT2D eigenvalue weighted by Gasteiger charge is 2.41. The van der Waals surface area contributed by atoms with E-state index in [1.54, 1.807) is 6.08 Å². The molecule has 2 fully saturated rings. The lowest BCUT2D eigenvalue weighted by molar-refractivity contribution is -0.148. The number of esters is 1. The van der Waals surface area contributed by atoms with Gasteiger partial charge < -0.3 is 14.4 Å². The summed E-state index contributed by atoms with van der Waals surface area (Å²) >= 11 is 0.838. The van der Waals surface area contributed by atoms with Crippen LogP contribution in [0.2, 0.25) is 0 Å². The van der Waals surface area contributed by atoms with E-state index in [1.807, 2.05) is 19.1 Å². The molecule has 0 N–H and O–H groups in total. The maximum Gasteiger partial charge on any atom is 0.328 e. The summed E-state index contributed by atoms with van der Waals surface area (Å²) < 4.78 is 10.0. The number of nitrogens with zero attached hydrogens (tertiary/aromatic N) is 2. The zero-order valence-electron chi connectivity index (χ0n) is 15.6. The molecule has 144 valence electrons. The molecule has 0 aliphatic carbocycles. The van der Waals surface area contributed by atoms with Crippen LogP contribution in [0.4, 0.5) is 10.5 Å². The van der Waals surface area contributed by atoms with Crippen LogP contribution < -0.4 is 4.90 Å². The average molecular weight is 390 g/mol. The number of imide groups is 1. The number of amides is 2. The number of carbonyl (C=O) groups excluding carboxylic acids is 3. The molecule has 27 heavy (non-hydrogen) atoms. The molecular formula is C19H22N2O5S. The number of hydrogen-bond donors (Lipinski definition) is 0. The van der Waals surface area contributed by atoms with Crippen molar-refractivity contribution in [1.82, 2.24) is 4.90 Å². The number of benzene rings is 1. The van der Waals surface area contributed by atoms with Gasteiger partial charge in [0.25, 0.3) is 11.1 Å². The molecule has 0 radical (unpaired) electrons. The average Bonchev–Trinajstić information content (AvgIpc) is 2.96. The van der Waals surface area contributed by atoms with Gasteiger partial charge in [-0.3, -0.25) is 14.5 Å². The first kappa shape index (κ1) is 19.4. The van der Waals surface area contributed by atoms with E-state index in [2.05, 4.69) is 15.7 Å². The number of thioether (sulfide) groups is 1. The molecule has 2 amide bonds. The predicted molar refractivity (Wildman–Crippen MR) is 103 cm³/mol. The Morgan fingerprint density at radius 1 is 1.30 bits per heavy atom. The molecule has 2 saturated heterocycles. The number of methoxy groups -OCH3 is 1. The molecule has 0 spiro atoms. The van der Waals surface area contributed by atoms with Gasteiger partial charge in [-0.05, 0) is 54.9 Å². The molecule has 7 nitrogen and oxygen atoms in total. The Morgan fingerprint density at radius 2 is 2.00 bits per heavy atom. The zero-order chi connectivity index (χ0) is 19.6. The first-order valence-corrected chi connectivity index (χ1v) is 9.52. The number of rotatable bonds is 4. The smallest absolute Gasteiger partial charge is 0.328 e. The molecule has 1 aromatic carbocycles. The van der Waals surface area contributed by atoms with E-state index in [1.165, 1.54) is 14.0 Å². The molecule has 0 saturated carbocycles. The fourth-order valence-corrected chi connectivity index (χ4v) is 3.97. The lowest BCUT2D eigenvalue weighted by Crippen LogP contribution is -2.42. The first-order valence-electron chi connectivity index (χ1n) is 8.70. The van der Waals surface area contributed by atoms with Crippen molar-refractivity contribution in [3.05, 3.63) is 34.2 Å². The largest absolute Gasteiger partial charge is 0.467 e. The van der Waals surface area contributed by atoms with Crippen molar-refractivity contribution >= 4 is 40.6 Å². The summed E-state index contributed by atoms with van der Waals surface area (Å²) in [5.41, 5.74) is 2.98. The van der Waals surface area contributed by atoms with E-state index in [4.69, 9.17) is 4.74 Å². The Labute approximate surface area is 162 Å². The Bertz CT molecular complexity index is 801. The van der Waals surface area contributed by atoms with Crippen molar-refractivity contribution in [2.45, 2.75) is 19.9 Å². The number of carbonyl (C=O) groups is 3. The lowest BCUT2D eigenvalue weighted by atomic mass is 10.1. The van der Waals surface area contributed by atoms with Crippen LogP contribution in [0.25, 0.3) is 6.08 Å². The summed E-state index contributed by atoms with van der Waals surface area (Å²) in [7, 11) is 1.23. The van der Waals surface area contributed by atoms with Gasteiger partial charge in [-0.25, -0.2) is 4.79 Å². The van der Waals surface area contributed by atoms with Crippen molar-refractivity contribution in [3.63, 3.8) is 0 Å². The second-order valence-electron chi connectivity index (χ2n) is 6.39. The number of hydrogen-bond acceptors (Lipinski definition) is 7. The molecule has 3 rings (SSSR count). The van der Waals surface area contributed by atoms with E-state index in [-0.39, 0.29) is 0 Å². The van der Waals surface area contributed by atoms with Gasteiger partial charge in [-0.1, -0.05) is 6.07 Å². The van der Waals surface area contributed by atoms with Crippen LogP contribution in [-0.2, 0) is 19.1 Å². The van der Waals surface area contributed by atoms with Gasteiger partial charge in [0.05, 0.1) is 25.2 Å². The number of ether oxygens (including phenoxy) is 2. The van der Waals surface area contributed by atoms with Gasteiger partial charge in [0.15, 0.2) is 0 Å². The second-order valence-corrected chi connectivity index (χ2v) is 7.38. The van der Waals surface area contributed by atoms with Crippen LogP contribution in [0.15, 0.2) is 23.1 Å². The molecule has 1 atom stereocenters. The van der Waals surface area contributed by atoms with Crippen LogP contribution in [0.1, 0.15) is 18.1 Å². The number of aryl methyl sites for hydroxylation is 1. The summed E-state index contributed by atoms with van der Waals surface area (Å²) in [4.78, 5) is 40.0. The van der Waals surface area contributed by atoms with Crippen molar-refractivity contribution in [2.24, 2.45) is 0 Å². The van der Waals surface area contributed by atoms with Crippen LogP contribution in [0.5, 0.6) is 0 Å². The van der Waals surface area contributed by atoms with Gasteiger partial charge in [0.2, 0.25) is 0 Å². The monoisotopic (exact) mass is 390 g/mol. The van der Waals surface area contributed by atoms with Crippen LogP contribution in [0, 0.1) is 6.92 Å². The third-order valence-corrected chi connectivity index (χ3v) is 5.55. The van der Waals surface area contributed by atoms with E-state index in [0.29, 0.717) is 18.1 Å². The number of morpholine rings is 1.